The minimum absolute atomic E-state index is 0. The Morgan fingerprint density at radius 3 is 1.90 bits per heavy atom. The quantitative estimate of drug-likeness (QED) is 0.0861. The number of pyridine rings is 1. The highest BCUT2D eigenvalue weighted by Gasteiger charge is 2.20. The van der Waals surface area contributed by atoms with Gasteiger partial charge in [0, 0.05) is 17.8 Å². The fourth-order valence-corrected chi connectivity index (χ4v) is 5.14. The van der Waals surface area contributed by atoms with Crippen molar-refractivity contribution in [2.45, 2.75) is 111 Å². The van der Waals surface area contributed by atoms with Gasteiger partial charge in [-0.3, -0.25) is 4.79 Å². The van der Waals surface area contributed by atoms with E-state index in [4.69, 9.17) is 4.74 Å². The van der Waals surface area contributed by atoms with Crippen LogP contribution in [-0.2, 0) is 13.1 Å². The minimum atomic E-state index is -0.00309. The van der Waals surface area contributed by atoms with Crippen molar-refractivity contribution >= 4 is 11.6 Å². The first-order valence-corrected chi connectivity index (χ1v) is 15.7. The molecule has 0 saturated carbocycles. The van der Waals surface area contributed by atoms with Crippen molar-refractivity contribution in [1.82, 2.24) is 0 Å². The summed E-state index contributed by atoms with van der Waals surface area (Å²) in [5.74, 6) is 0.918. The average molecular weight is 671 g/mol. The Morgan fingerprint density at radius 1 is 0.732 bits per heavy atom. The molecular formula is C36H51IN2O2. The van der Waals surface area contributed by atoms with Crippen molar-refractivity contribution in [3.63, 3.8) is 0 Å². The molecule has 3 rings (SSSR count). The lowest BCUT2D eigenvalue weighted by Crippen LogP contribution is -3.00. The maximum absolute atomic E-state index is 13.6. The Kier molecular flexibility index (Phi) is 17.4. The van der Waals surface area contributed by atoms with E-state index in [0.717, 1.165) is 42.1 Å². The van der Waals surface area contributed by atoms with Crippen LogP contribution in [0.25, 0.3) is 0 Å². The molecule has 0 radical (unpaired) electrons. The summed E-state index contributed by atoms with van der Waals surface area (Å²) in [5.41, 5.74) is 3.78. The number of benzene rings is 2. The van der Waals surface area contributed by atoms with Gasteiger partial charge in [-0.05, 0) is 49.6 Å². The molecule has 5 heteroatoms. The Hall–Kier alpha value is -2.41. The lowest BCUT2D eigenvalue weighted by molar-refractivity contribution is -0.693. The van der Waals surface area contributed by atoms with Gasteiger partial charge in [0.05, 0.1) is 18.7 Å². The number of para-hydroxylation sites is 1. The van der Waals surface area contributed by atoms with Gasteiger partial charge in [0.1, 0.15) is 12.3 Å². The number of carbonyl (C=O) groups excluding carboxylic acids is 1. The first kappa shape index (κ1) is 34.8. The smallest absolute Gasteiger partial charge is 0.259 e. The normalized spacial score (nSPS) is 10.7. The van der Waals surface area contributed by atoms with Crippen molar-refractivity contribution in [2.24, 2.45) is 0 Å². The van der Waals surface area contributed by atoms with Gasteiger partial charge in [0.25, 0.3) is 5.91 Å². The zero-order valence-electron chi connectivity index (χ0n) is 25.6. The molecule has 0 spiro atoms. The van der Waals surface area contributed by atoms with Gasteiger partial charge in [-0.2, -0.15) is 0 Å². The number of carbonyl (C=O) groups is 1. The number of unbranched alkanes of at least 4 members (excludes halogenated alkanes) is 11. The van der Waals surface area contributed by atoms with Crippen LogP contribution in [-0.4, -0.2) is 12.5 Å². The fourth-order valence-electron chi connectivity index (χ4n) is 5.14. The molecule has 0 unspecified atom stereocenters. The molecule has 0 atom stereocenters. The lowest BCUT2D eigenvalue weighted by Gasteiger charge is -2.24. The van der Waals surface area contributed by atoms with E-state index >= 15 is 0 Å². The second kappa shape index (κ2) is 20.5. The molecule has 1 heterocycles. The molecule has 1 amide bonds. The SMILES string of the molecule is CCCCCCCCCCCCCCOc1cccc(CN(C(=O)c2cc[n+](CC)cc2)c2ccccc2)c1C.[I-]. The molecule has 0 aliphatic rings. The molecule has 224 valence electrons. The Balaban J connectivity index is 0.00000588. The summed E-state index contributed by atoms with van der Waals surface area (Å²) in [6.07, 6.45) is 20.0. The van der Waals surface area contributed by atoms with Crippen molar-refractivity contribution < 1.29 is 38.1 Å². The number of amides is 1. The van der Waals surface area contributed by atoms with E-state index in [1.165, 1.54) is 70.6 Å². The van der Waals surface area contributed by atoms with Gasteiger partial charge >= 0.3 is 0 Å². The van der Waals surface area contributed by atoms with Gasteiger partial charge in [-0.1, -0.05) is 108 Å². The maximum Gasteiger partial charge on any atom is 0.259 e. The summed E-state index contributed by atoms with van der Waals surface area (Å²) in [4.78, 5) is 15.5. The van der Waals surface area contributed by atoms with Crippen LogP contribution in [0.4, 0.5) is 5.69 Å². The zero-order chi connectivity index (χ0) is 28.4. The predicted molar refractivity (Wildman–Crippen MR) is 167 cm³/mol. The third kappa shape index (κ3) is 12.2. The van der Waals surface area contributed by atoms with Crippen LogP contribution >= 0.6 is 0 Å². The molecular weight excluding hydrogens is 619 g/mol. The first-order chi connectivity index (χ1) is 19.6. The Labute approximate surface area is 266 Å². The van der Waals surface area contributed by atoms with E-state index < -0.39 is 0 Å². The number of ether oxygens (including phenoxy) is 1. The number of aryl methyl sites for hydroxylation is 1. The van der Waals surface area contributed by atoms with Crippen molar-refractivity contribution in [3.05, 3.63) is 89.7 Å². The molecule has 0 aliphatic carbocycles. The second-order valence-corrected chi connectivity index (χ2v) is 10.9. The molecule has 0 bridgehead atoms. The van der Waals surface area contributed by atoms with Crippen LogP contribution in [0.3, 0.4) is 0 Å². The van der Waals surface area contributed by atoms with E-state index in [1.54, 1.807) is 0 Å². The standard InChI is InChI=1S/C36H51N2O2.HI/c1-4-6-7-8-9-10-11-12-13-14-15-19-29-40-35-24-20-21-33(31(35)3)30-38(34-22-17-16-18-23-34)36(39)32-25-27-37(5-2)28-26-32;/h16-18,20-28H,4-15,19,29-30H2,1-3H3;1H/q+1;/p-1. The minimum Gasteiger partial charge on any atom is -1.00 e. The third-order valence-corrected chi connectivity index (χ3v) is 7.80. The van der Waals surface area contributed by atoms with E-state index in [-0.39, 0.29) is 29.9 Å². The lowest BCUT2D eigenvalue weighted by atomic mass is 10.1. The fraction of sp³-hybridized carbons (Fsp3) is 0.500. The summed E-state index contributed by atoms with van der Waals surface area (Å²) in [6.45, 7) is 8.59. The number of hydrogen-bond donors (Lipinski definition) is 0. The maximum atomic E-state index is 13.6. The van der Waals surface area contributed by atoms with Crippen LogP contribution in [0, 0.1) is 6.92 Å². The van der Waals surface area contributed by atoms with E-state index in [0.29, 0.717) is 12.1 Å². The molecule has 1 aromatic heterocycles. The van der Waals surface area contributed by atoms with Gasteiger partial charge in [0.15, 0.2) is 12.4 Å². The molecule has 41 heavy (non-hydrogen) atoms. The largest absolute Gasteiger partial charge is 1.00 e. The number of aromatic nitrogens is 1. The van der Waals surface area contributed by atoms with E-state index in [9.17, 15) is 4.79 Å². The number of anilines is 1. The van der Waals surface area contributed by atoms with Crippen LogP contribution in [0.1, 0.15) is 112 Å². The van der Waals surface area contributed by atoms with E-state index in [1.807, 2.05) is 65.8 Å². The zero-order valence-corrected chi connectivity index (χ0v) is 27.8. The van der Waals surface area contributed by atoms with Gasteiger partial charge in [-0.25, -0.2) is 4.57 Å². The van der Waals surface area contributed by atoms with E-state index in [2.05, 4.69) is 37.5 Å². The highest BCUT2D eigenvalue weighted by Crippen LogP contribution is 2.26. The highest BCUT2D eigenvalue weighted by molar-refractivity contribution is 6.05. The van der Waals surface area contributed by atoms with Crippen molar-refractivity contribution in [1.29, 1.82) is 0 Å². The van der Waals surface area contributed by atoms with Crippen LogP contribution in [0.5, 0.6) is 5.75 Å². The van der Waals surface area contributed by atoms with Crippen LogP contribution < -0.4 is 38.2 Å². The third-order valence-electron chi connectivity index (χ3n) is 7.80. The molecule has 0 saturated heterocycles. The van der Waals surface area contributed by atoms with Crippen molar-refractivity contribution in [3.8, 4) is 5.75 Å². The summed E-state index contributed by atoms with van der Waals surface area (Å²) in [6, 6.07) is 19.9. The summed E-state index contributed by atoms with van der Waals surface area (Å²) < 4.78 is 8.28. The molecule has 0 fully saturated rings. The van der Waals surface area contributed by atoms with Gasteiger partial charge in [0.2, 0.25) is 0 Å². The highest BCUT2D eigenvalue weighted by atomic mass is 127. The monoisotopic (exact) mass is 670 g/mol. The second-order valence-electron chi connectivity index (χ2n) is 10.9. The first-order valence-electron chi connectivity index (χ1n) is 15.7. The van der Waals surface area contributed by atoms with Gasteiger partial charge in [-0.15, -0.1) is 0 Å². The predicted octanol–water partition coefficient (Wildman–Crippen LogP) is 6.23. The van der Waals surface area contributed by atoms with Crippen LogP contribution in [0.15, 0.2) is 73.1 Å². The molecule has 3 aromatic rings. The summed E-state index contributed by atoms with van der Waals surface area (Å²) in [7, 11) is 0. The average Bonchev–Trinajstić information content (AvgIpc) is 2.99. The summed E-state index contributed by atoms with van der Waals surface area (Å²) in [5, 5.41) is 0. The summed E-state index contributed by atoms with van der Waals surface area (Å²) >= 11 is 0. The molecule has 4 nitrogen and oxygen atoms in total. The molecule has 2 aromatic carbocycles. The molecule has 0 aliphatic heterocycles. The number of nitrogens with zero attached hydrogens (tertiary/aromatic N) is 2. The number of rotatable bonds is 19. The molecule has 0 N–H and O–H groups in total. The Morgan fingerprint density at radius 2 is 1.32 bits per heavy atom. The Bertz CT molecular complexity index is 1120. The number of halogens is 1. The topological polar surface area (TPSA) is 33.4 Å². The van der Waals surface area contributed by atoms with Gasteiger partial charge < -0.3 is 33.6 Å². The number of hydrogen-bond acceptors (Lipinski definition) is 2. The van der Waals surface area contributed by atoms with Crippen molar-refractivity contribution in [2.75, 3.05) is 11.5 Å². The van der Waals surface area contributed by atoms with Crippen LogP contribution in [0.2, 0.25) is 0 Å².